The Labute approximate surface area is 158 Å². The molecular weight excluding hydrogens is 368 g/mol. The largest absolute Gasteiger partial charge is 0.497 e. The Morgan fingerprint density at radius 2 is 1.78 bits per heavy atom. The van der Waals surface area contributed by atoms with Crippen LogP contribution in [0.15, 0.2) is 42.5 Å². The highest BCUT2D eigenvalue weighted by atomic mass is 32.2. The maximum absolute atomic E-state index is 12.5. The van der Waals surface area contributed by atoms with E-state index in [1.54, 1.807) is 49.6 Å². The molecule has 7 nitrogen and oxygen atoms in total. The SMILES string of the molecule is COc1ccc(C(=O)Nc2ccc(N3CCCCS3(=O)=O)cc2)c(OC)c1. The fraction of sp³-hybridized carbons (Fsp3) is 0.316. The summed E-state index contributed by atoms with van der Waals surface area (Å²) in [5.74, 6) is 0.842. The molecule has 0 aliphatic carbocycles. The minimum absolute atomic E-state index is 0.169. The average Bonchev–Trinajstić information content (AvgIpc) is 2.68. The van der Waals surface area contributed by atoms with E-state index in [2.05, 4.69) is 5.32 Å². The number of hydrogen-bond donors (Lipinski definition) is 1. The van der Waals surface area contributed by atoms with Crippen LogP contribution in [0.25, 0.3) is 0 Å². The Morgan fingerprint density at radius 3 is 2.41 bits per heavy atom. The van der Waals surface area contributed by atoms with Crippen molar-refractivity contribution < 1.29 is 22.7 Å². The standard InChI is InChI=1S/C19H22N2O5S/c1-25-16-9-10-17(18(13-16)26-2)19(22)20-14-5-7-15(8-6-14)21-11-3-4-12-27(21,23)24/h5-10,13H,3-4,11-12H2,1-2H3,(H,20,22). The third kappa shape index (κ3) is 4.16. The summed E-state index contributed by atoms with van der Waals surface area (Å²) in [6.07, 6.45) is 1.53. The number of ether oxygens (including phenoxy) is 2. The van der Waals surface area contributed by atoms with Gasteiger partial charge < -0.3 is 14.8 Å². The number of amides is 1. The highest BCUT2D eigenvalue weighted by Gasteiger charge is 2.25. The van der Waals surface area contributed by atoms with Crippen molar-refractivity contribution in [2.45, 2.75) is 12.8 Å². The summed E-state index contributed by atoms with van der Waals surface area (Å²) >= 11 is 0. The lowest BCUT2D eigenvalue weighted by molar-refractivity contribution is 0.102. The van der Waals surface area contributed by atoms with Gasteiger partial charge in [0, 0.05) is 18.3 Å². The van der Waals surface area contributed by atoms with Crippen molar-refractivity contribution in [3.05, 3.63) is 48.0 Å². The lowest BCUT2D eigenvalue weighted by atomic mass is 10.1. The second-order valence-electron chi connectivity index (χ2n) is 6.16. The van der Waals surface area contributed by atoms with Crippen molar-refractivity contribution in [2.75, 3.05) is 36.1 Å². The lowest BCUT2D eigenvalue weighted by Gasteiger charge is -2.28. The van der Waals surface area contributed by atoms with Crippen LogP contribution in [0.5, 0.6) is 11.5 Å². The van der Waals surface area contributed by atoms with Crippen LogP contribution in [0.1, 0.15) is 23.2 Å². The number of carbonyl (C=O) groups is 1. The van der Waals surface area contributed by atoms with E-state index in [1.165, 1.54) is 11.4 Å². The van der Waals surface area contributed by atoms with Crippen LogP contribution in [-0.4, -0.2) is 40.8 Å². The van der Waals surface area contributed by atoms with Gasteiger partial charge in [0.05, 0.1) is 31.2 Å². The van der Waals surface area contributed by atoms with Crippen LogP contribution in [0.2, 0.25) is 0 Å². The second-order valence-corrected chi connectivity index (χ2v) is 8.18. The fourth-order valence-electron chi connectivity index (χ4n) is 2.97. The van der Waals surface area contributed by atoms with Gasteiger partial charge in [-0.25, -0.2) is 8.42 Å². The molecule has 8 heteroatoms. The van der Waals surface area contributed by atoms with Gasteiger partial charge in [0.2, 0.25) is 10.0 Å². The lowest BCUT2D eigenvalue weighted by Crippen LogP contribution is -2.37. The number of sulfonamides is 1. The van der Waals surface area contributed by atoms with Gasteiger partial charge >= 0.3 is 0 Å². The summed E-state index contributed by atoms with van der Waals surface area (Å²) in [5, 5.41) is 2.79. The van der Waals surface area contributed by atoms with E-state index in [1.807, 2.05) is 0 Å². The van der Waals surface area contributed by atoms with E-state index >= 15 is 0 Å². The average molecular weight is 390 g/mol. The first-order valence-corrected chi connectivity index (χ1v) is 10.2. The van der Waals surface area contributed by atoms with Crippen molar-refractivity contribution in [1.29, 1.82) is 0 Å². The van der Waals surface area contributed by atoms with E-state index in [-0.39, 0.29) is 11.7 Å². The van der Waals surface area contributed by atoms with Gasteiger partial charge in [-0.1, -0.05) is 0 Å². The van der Waals surface area contributed by atoms with Crippen molar-refractivity contribution in [2.24, 2.45) is 0 Å². The Kier molecular flexibility index (Phi) is 5.55. The maximum atomic E-state index is 12.5. The number of benzene rings is 2. The molecule has 0 atom stereocenters. The summed E-state index contributed by atoms with van der Waals surface area (Å²) < 4.78 is 36.2. The van der Waals surface area contributed by atoms with E-state index < -0.39 is 10.0 Å². The Morgan fingerprint density at radius 1 is 1.04 bits per heavy atom. The molecule has 0 radical (unpaired) electrons. The summed E-state index contributed by atoms with van der Waals surface area (Å²) in [7, 11) is -0.228. The highest BCUT2D eigenvalue weighted by molar-refractivity contribution is 7.92. The normalized spacial score (nSPS) is 15.9. The maximum Gasteiger partial charge on any atom is 0.259 e. The highest BCUT2D eigenvalue weighted by Crippen LogP contribution is 2.27. The van der Waals surface area contributed by atoms with Gasteiger partial charge in [-0.05, 0) is 49.2 Å². The number of rotatable bonds is 5. The number of nitrogens with one attached hydrogen (secondary N) is 1. The van der Waals surface area contributed by atoms with Gasteiger partial charge in [0.25, 0.3) is 5.91 Å². The van der Waals surface area contributed by atoms with Crippen LogP contribution >= 0.6 is 0 Å². The number of anilines is 2. The van der Waals surface area contributed by atoms with Crippen LogP contribution in [0, 0.1) is 0 Å². The molecule has 2 aromatic rings. The van der Waals surface area contributed by atoms with Crippen LogP contribution in [-0.2, 0) is 10.0 Å². The van der Waals surface area contributed by atoms with Crippen LogP contribution in [0.4, 0.5) is 11.4 Å². The minimum atomic E-state index is -3.25. The molecule has 1 aliphatic rings. The molecule has 1 heterocycles. The van der Waals surface area contributed by atoms with E-state index in [4.69, 9.17) is 9.47 Å². The van der Waals surface area contributed by atoms with E-state index in [0.29, 0.717) is 41.4 Å². The zero-order valence-corrected chi connectivity index (χ0v) is 16.1. The molecule has 0 unspecified atom stereocenters. The molecule has 0 spiro atoms. The zero-order chi connectivity index (χ0) is 19.4. The Bertz CT molecular complexity index is 926. The summed E-state index contributed by atoms with van der Waals surface area (Å²) in [4.78, 5) is 12.5. The van der Waals surface area contributed by atoms with Crippen molar-refractivity contribution in [3.63, 3.8) is 0 Å². The zero-order valence-electron chi connectivity index (χ0n) is 15.3. The summed E-state index contributed by atoms with van der Waals surface area (Å²) in [6.45, 7) is 0.483. The molecule has 27 heavy (non-hydrogen) atoms. The molecule has 1 amide bonds. The quantitative estimate of drug-likeness (QED) is 0.849. The second kappa shape index (κ2) is 7.87. The molecule has 144 valence electrons. The van der Waals surface area contributed by atoms with Crippen molar-refractivity contribution in [1.82, 2.24) is 0 Å². The van der Waals surface area contributed by atoms with Crippen LogP contribution < -0.4 is 19.1 Å². The third-order valence-corrected chi connectivity index (χ3v) is 6.29. The molecule has 1 fully saturated rings. The van der Waals surface area contributed by atoms with Gasteiger partial charge in [0.15, 0.2) is 0 Å². The fourth-order valence-corrected chi connectivity index (χ4v) is 4.61. The number of carbonyl (C=O) groups excluding carboxylic acids is 1. The van der Waals surface area contributed by atoms with Crippen molar-refractivity contribution >= 4 is 27.3 Å². The third-order valence-electron chi connectivity index (χ3n) is 4.42. The van der Waals surface area contributed by atoms with Gasteiger partial charge in [0.1, 0.15) is 11.5 Å². The van der Waals surface area contributed by atoms with Crippen molar-refractivity contribution in [3.8, 4) is 11.5 Å². The summed E-state index contributed by atoms with van der Waals surface area (Å²) in [5.41, 5.74) is 1.55. The van der Waals surface area contributed by atoms with Gasteiger partial charge in [-0.15, -0.1) is 0 Å². The molecule has 3 rings (SSSR count). The number of hydrogen-bond acceptors (Lipinski definition) is 5. The first-order valence-electron chi connectivity index (χ1n) is 8.58. The number of methoxy groups -OCH3 is 2. The Balaban J connectivity index is 1.76. The van der Waals surface area contributed by atoms with Crippen LogP contribution in [0.3, 0.4) is 0 Å². The predicted molar refractivity (Wildman–Crippen MR) is 104 cm³/mol. The minimum Gasteiger partial charge on any atom is -0.497 e. The molecular formula is C19H22N2O5S. The molecule has 1 saturated heterocycles. The predicted octanol–water partition coefficient (Wildman–Crippen LogP) is 2.89. The van der Waals surface area contributed by atoms with E-state index in [9.17, 15) is 13.2 Å². The Hall–Kier alpha value is -2.74. The molecule has 0 bridgehead atoms. The molecule has 0 aromatic heterocycles. The monoisotopic (exact) mass is 390 g/mol. The smallest absolute Gasteiger partial charge is 0.259 e. The molecule has 2 aromatic carbocycles. The molecule has 1 N–H and O–H groups in total. The topological polar surface area (TPSA) is 84.9 Å². The van der Waals surface area contributed by atoms with Gasteiger partial charge in [-0.3, -0.25) is 9.10 Å². The van der Waals surface area contributed by atoms with Gasteiger partial charge in [-0.2, -0.15) is 0 Å². The van der Waals surface area contributed by atoms with E-state index in [0.717, 1.165) is 6.42 Å². The first-order chi connectivity index (χ1) is 12.9. The molecule has 0 saturated carbocycles. The first kappa shape index (κ1) is 19.0. The summed E-state index contributed by atoms with van der Waals surface area (Å²) in [6, 6.07) is 11.7. The number of nitrogens with zero attached hydrogens (tertiary/aromatic N) is 1. The molecule has 1 aliphatic heterocycles.